The molecule has 1 aromatic carbocycles. The smallest absolute Gasteiger partial charge is 0.336 e. The minimum atomic E-state index is -4.56. The molecule has 26 heavy (non-hydrogen) atoms. The van der Waals surface area contributed by atoms with Gasteiger partial charge in [-0.15, -0.1) is 11.3 Å². The van der Waals surface area contributed by atoms with Crippen LogP contribution in [0.5, 0.6) is 0 Å². The summed E-state index contributed by atoms with van der Waals surface area (Å²) in [7, 11) is 1.46. The number of hydrogen-bond donors (Lipinski definition) is 1. The second-order valence-corrected chi connectivity index (χ2v) is 6.81. The summed E-state index contributed by atoms with van der Waals surface area (Å²) in [6.07, 6.45) is -2.85. The quantitative estimate of drug-likeness (QED) is 0.778. The van der Waals surface area contributed by atoms with Crippen molar-refractivity contribution in [1.29, 1.82) is 0 Å². The molecule has 140 valence electrons. The number of anilines is 1. The number of hydrogen-bond acceptors (Lipinski definition) is 3. The SMILES string of the molecule is CN(CC(=O)Nc1ccccc1C(F)(F)F)C(=O)CCCc1cccs1. The highest BCUT2D eigenvalue weighted by Gasteiger charge is 2.33. The molecule has 1 aromatic heterocycles. The van der Waals surface area contributed by atoms with E-state index in [2.05, 4.69) is 5.32 Å². The summed E-state index contributed by atoms with van der Waals surface area (Å²) in [5.41, 5.74) is -1.23. The van der Waals surface area contributed by atoms with Gasteiger partial charge < -0.3 is 10.2 Å². The number of aryl methyl sites for hydroxylation is 1. The second kappa shape index (κ2) is 8.84. The Morgan fingerprint density at radius 3 is 2.54 bits per heavy atom. The number of rotatable bonds is 7. The van der Waals surface area contributed by atoms with Gasteiger partial charge in [0.05, 0.1) is 17.8 Å². The molecule has 2 aromatic rings. The topological polar surface area (TPSA) is 49.4 Å². The number of thiophene rings is 1. The van der Waals surface area contributed by atoms with Gasteiger partial charge in [-0.2, -0.15) is 13.2 Å². The Balaban J connectivity index is 1.84. The molecular weight excluding hydrogens is 365 g/mol. The van der Waals surface area contributed by atoms with Gasteiger partial charge in [-0.05, 0) is 36.4 Å². The van der Waals surface area contributed by atoms with Crippen LogP contribution in [0.4, 0.5) is 18.9 Å². The fourth-order valence-electron chi connectivity index (χ4n) is 2.39. The summed E-state index contributed by atoms with van der Waals surface area (Å²) in [5.74, 6) is -0.892. The van der Waals surface area contributed by atoms with E-state index < -0.39 is 17.6 Å². The first kappa shape index (κ1) is 20.0. The number of amides is 2. The molecule has 0 aliphatic heterocycles. The Kier molecular flexibility index (Phi) is 6.79. The number of benzene rings is 1. The highest BCUT2D eigenvalue weighted by molar-refractivity contribution is 7.09. The molecule has 0 aliphatic carbocycles. The number of halogens is 3. The molecule has 0 saturated heterocycles. The lowest BCUT2D eigenvalue weighted by Crippen LogP contribution is -2.35. The number of nitrogens with zero attached hydrogens (tertiary/aromatic N) is 1. The summed E-state index contributed by atoms with van der Waals surface area (Å²) < 4.78 is 38.8. The number of carbonyl (C=O) groups excluding carboxylic acids is 2. The van der Waals surface area contributed by atoms with Gasteiger partial charge in [0.1, 0.15) is 0 Å². The average Bonchev–Trinajstić information content (AvgIpc) is 3.07. The lowest BCUT2D eigenvalue weighted by atomic mass is 10.1. The predicted octanol–water partition coefficient (Wildman–Crippen LogP) is 4.19. The van der Waals surface area contributed by atoms with Gasteiger partial charge in [0.15, 0.2) is 0 Å². The van der Waals surface area contributed by atoms with Crippen LogP contribution in [0.2, 0.25) is 0 Å². The van der Waals surface area contributed by atoms with Crippen LogP contribution in [0.25, 0.3) is 0 Å². The summed E-state index contributed by atoms with van der Waals surface area (Å²) in [5, 5.41) is 4.19. The normalized spacial score (nSPS) is 11.2. The number of nitrogens with one attached hydrogen (secondary N) is 1. The zero-order valence-corrected chi connectivity index (χ0v) is 15.0. The van der Waals surface area contributed by atoms with E-state index in [4.69, 9.17) is 0 Å². The number of alkyl halides is 3. The molecule has 4 nitrogen and oxygen atoms in total. The maximum atomic E-state index is 12.9. The molecule has 0 aliphatic rings. The molecule has 2 amide bonds. The minimum absolute atomic E-state index is 0.221. The Labute approximate surface area is 153 Å². The predicted molar refractivity (Wildman–Crippen MR) is 95.0 cm³/mol. The van der Waals surface area contributed by atoms with E-state index in [9.17, 15) is 22.8 Å². The molecule has 0 fully saturated rings. The number of likely N-dealkylation sites (N-methyl/N-ethyl adjacent to an activating group) is 1. The monoisotopic (exact) mass is 384 g/mol. The summed E-state index contributed by atoms with van der Waals surface area (Å²) in [4.78, 5) is 26.5. The zero-order chi connectivity index (χ0) is 19.2. The van der Waals surface area contributed by atoms with Crippen LogP contribution < -0.4 is 5.32 Å². The number of carbonyl (C=O) groups is 2. The van der Waals surface area contributed by atoms with Crippen LogP contribution in [0.1, 0.15) is 23.3 Å². The van der Waals surface area contributed by atoms with Crippen molar-refractivity contribution in [2.75, 3.05) is 18.9 Å². The molecule has 0 unspecified atom stereocenters. The van der Waals surface area contributed by atoms with Crippen molar-refractivity contribution in [2.45, 2.75) is 25.4 Å². The van der Waals surface area contributed by atoms with Crippen molar-refractivity contribution in [2.24, 2.45) is 0 Å². The van der Waals surface area contributed by atoms with Crippen LogP contribution in [-0.2, 0) is 22.2 Å². The summed E-state index contributed by atoms with van der Waals surface area (Å²) in [6, 6.07) is 8.67. The summed E-state index contributed by atoms with van der Waals surface area (Å²) >= 11 is 1.62. The standard InChI is InChI=1S/C18H19F3N2O2S/c1-23(17(25)10-4-6-13-7-5-11-26-13)12-16(24)22-15-9-3-2-8-14(15)18(19,20)21/h2-3,5,7-9,11H,4,6,10,12H2,1H3,(H,22,24). The van der Waals surface area contributed by atoms with Crippen molar-refractivity contribution in [3.63, 3.8) is 0 Å². The van der Waals surface area contributed by atoms with Gasteiger partial charge in [0.2, 0.25) is 11.8 Å². The lowest BCUT2D eigenvalue weighted by molar-refractivity contribution is -0.137. The zero-order valence-electron chi connectivity index (χ0n) is 14.2. The fraction of sp³-hybridized carbons (Fsp3) is 0.333. The maximum absolute atomic E-state index is 12.9. The molecule has 0 spiro atoms. The van der Waals surface area contributed by atoms with Gasteiger partial charge >= 0.3 is 6.18 Å². The highest BCUT2D eigenvalue weighted by Crippen LogP contribution is 2.34. The fourth-order valence-corrected chi connectivity index (χ4v) is 3.14. The third-order valence-electron chi connectivity index (χ3n) is 3.71. The van der Waals surface area contributed by atoms with Crippen LogP contribution in [0.3, 0.4) is 0 Å². The van der Waals surface area contributed by atoms with Gasteiger partial charge in [-0.1, -0.05) is 18.2 Å². The molecule has 1 heterocycles. The minimum Gasteiger partial charge on any atom is -0.336 e. The van der Waals surface area contributed by atoms with Crippen LogP contribution in [0.15, 0.2) is 41.8 Å². The van der Waals surface area contributed by atoms with E-state index in [1.807, 2.05) is 17.5 Å². The largest absolute Gasteiger partial charge is 0.418 e. The second-order valence-electron chi connectivity index (χ2n) is 5.77. The van der Waals surface area contributed by atoms with E-state index in [-0.39, 0.29) is 24.6 Å². The molecule has 8 heteroatoms. The Morgan fingerprint density at radius 1 is 1.15 bits per heavy atom. The highest BCUT2D eigenvalue weighted by atomic mass is 32.1. The molecule has 0 bridgehead atoms. The van der Waals surface area contributed by atoms with E-state index in [1.54, 1.807) is 11.3 Å². The average molecular weight is 384 g/mol. The number of para-hydroxylation sites is 1. The first-order valence-corrected chi connectivity index (χ1v) is 8.88. The van der Waals surface area contributed by atoms with E-state index in [0.29, 0.717) is 6.42 Å². The van der Waals surface area contributed by atoms with E-state index >= 15 is 0 Å². The first-order valence-electron chi connectivity index (χ1n) is 8.00. The third kappa shape index (κ3) is 5.87. The molecule has 2 rings (SSSR count). The van der Waals surface area contributed by atoms with Crippen LogP contribution in [0, 0.1) is 0 Å². The van der Waals surface area contributed by atoms with Gasteiger partial charge in [0.25, 0.3) is 0 Å². The van der Waals surface area contributed by atoms with Crippen molar-refractivity contribution in [1.82, 2.24) is 4.90 Å². The van der Waals surface area contributed by atoms with Crippen molar-refractivity contribution >= 4 is 28.8 Å². The van der Waals surface area contributed by atoms with Crippen LogP contribution in [-0.4, -0.2) is 30.3 Å². The molecule has 0 atom stereocenters. The Hall–Kier alpha value is -2.35. The van der Waals surface area contributed by atoms with Crippen LogP contribution >= 0.6 is 11.3 Å². The first-order chi connectivity index (χ1) is 12.3. The molecule has 0 saturated carbocycles. The molecular formula is C18H19F3N2O2S. The van der Waals surface area contributed by atoms with Crippen molar-refractivity contribution in [3.05, 3.63) is 52.2 Å². The van der Waals surface area contributed by atoms with Crippen molar-refractivity contribution in [3.8, 4) is 0 Å². The molecule has 0 radical (unpaired) electrons. The summed E-state index contributed by atoms with van der Waals surface area (Å²) in [6.45, 7) is -0.302. The lowest BCUT2D eigenvalue weighted by Gasteiger charge is -2.18. The van der Waals surface area contributed by atoms with Gasteiger partial charge in [-0.25, -0.2) is 0 Å². The van der Waals surface area contributed by atoms with Crippen molar-refractivity contribution < 1.29 is 22.8 Å². The van der Waals surface area contributed by atoms with E-state index in [0.717, 1.165) is 12.5 Å². The Morgan fingerprint density at radius 2 is 1.88 bits per heavy atom. The van der Waals surface area contributed by atoms with Gasteiger partial charge in [0, 0.05) is 18.3 Å². The Bertz CT molecular complexity index is 745. The third-order valence-corrected chi connectivity index (χ3v) is 4.64. The molecule has 1 N–H and O–H groups in total. The van der Waals surface area contributed by atoms with Gasteiger partial charge in [-0.3, -0.25) is 9.59 Å². The maximum Gasteiger partial charge on any atom is 0.418 e. The van der Waals surface area contributed by atoms with E-state index in [1.165, 1.54) is 35.0 Å².